The Bertz CT molecular complexity index is 227. The van der Waals surface area contributed by atoms with E-state index in [0.717, 1.165) is 5.56 Å². The van der Waals surface area contributed by atoms with Gasteiger partial charge in [-0.25, -0.2) is 4.98 Å². The fraction of sp³-hybridized carbons (Fsp3) is 0.375. The summed E-state index contributed by atoms with van der Waals surface area (Å²) in [5.74, 6) is -0.458. The van der Waals surface area contributed by atoms with Gasteiger partial charge in [-0.1, -0.05) is 0 Å². The van der Waals surface area contributed by atoms with E-state index in [-0.39, 0.29) is 6.61 Å². The van der Waals surface area contributed by atoms with Gasteiger partial charge >= 0.3 is 0 Å². The van der Waals surface area contributed by atoms with E-state index < -0.39 is 5.95 Å². The van der Waals surface area contributed by atoms with Crippen molar-refractivity contribution in [1.82, 2.24) is 4.98 Å². The first-order valence-corrected chi connectivity index (χ1v) is 3.54. The maximum atomic E-state index is 12.4. The molecule has 1 rings (SSSR count). The molecule has 11 heavy (non-hydrogen) atoms. The minimum absolute atomic E-state index is 0.143. The first-order chi connectivity index (χ1) is 5.33. The van der Waals surface area contributed by atoms with Crippen LogP contribution in [0.15, 0.2) is 18.3 Å². The molecule has 0 radical (unpaired) electrons. The first kappa shape index (κ1) is 8.14. The molecule has 0 aliphatic heterocycles. The Balaban J connectivity index is 2.56. The van der Waals surface area contributed by atoms with Crippen molar-refractivity contribution >= 4 is 0 Å². The van der Waals surface area contributed by atoms with Crippen LogP contribution in [0.3, 0.4) is 0 Å². The van der Waals surface area contributed by atoms with Crippen LogP contribution >= 0.6 is 0 Å². The number of aliphatic hydroxyl groups is 1. The normalized spacial score (nSPS) is 10.0. The van der Waals surface area contributed by atoms with Gasteiger partial charge in [0.2, 0.25) is 5.95 Å². The Morgan fingerprint density at radius 1 is 1.55 bits per heavy atom. The van der Waals surface area contributed by atoms with E-state index in [1.807, 2.05) is 0 Å². The summed E-state index contributed by atoms with van der Waals surface area (Å²) in [4.78, 5) is 3.42. The molecular weight excluding hydrogens is 145 g/mol. The molecular formula is C8H10FNO. The molecule has 2 nitrogen and oxygen atoms in total. The van der Waals surface area contributed by atoms with Crippen molar-refractivity contribution in [1.29, 1.82) is 0 Å². The molecule has 0 bridgehead atoms. The Morgan fingerprint density at radius 2 is 2.36 bits per heavy atom. The lowest BCUT2D eigenvalue weighted by Gasteiger charge is -1.97. The van der Waals surface area contributed by atoms with Crippen molar-refractivity contribution in [2.24, 2.45) is 0 Å². The monoisotopic (exact) mass is 155 g/mol. The van der Waals surface area contributed by atoms with Gasteiger partial charge in [0, 0.05) is 12.8 Å². The van der Waals surface area contributed by atoms with Gasteiger partial charge in [-0.2, -0.15) is 4.39 Å². The Labute approximate surface area is 64.7 Å². The highest BCUT2D eigenvalue weighted by molar-refractivity contribution is 5.10. The zero-order valence-corrected chi connectivity index (χ0v) is 6.13. The molecule has 0 saturated carbocycles. The van der Waals surface area contributed by atoms with Crippen LogP contribution < -0.4 is 0 Å². The minimum Gasteiger partial charge on any atom is -0.396 e. The molecule has 1 N–H and O–H groups in total. The van der Waals surface area contributed by atoms with Crippen molar-refractivity contribution in [3.8, 4) is 0 Å². The van der Waals surface area contributed by atoms with Crippen LogP contribution in [0.2, 0.25) is 0 Å². The summed E-state index contributed by atoms with van der Waals surface area (Å²) in [6.45, 7) is 0.143. The van der Waals surface area contributed by atoms with Crippen LogP contribution in [0.5, 0.6) is 0 Å². The molecule has 3 heteroatoms. The van der Waals surface area contributed by atoms with Crippen LogP contribution in [-0.4, -0.2) is 16.7 Å². The molecule has 0 aliphatic rings. The topological polar surface area (TPSA) is 33.1 Å². The molecule has 60 valence electrons. The quantitative estimate of drug-likeness (QED) is 0.664. The molecule has 1 aromatic rings. The molecule has 1 aromatic heterocycles. The summed E-state index contributed by atoms with van der Waals surface area (Å²) in [6, 6.07) is 3.13. The van der Waals surface area contributed by atoms with Crippen molar-refractivity contribution in [3.05, 3.63) is 29.8 Å². The second kappa shape index (κ2) is 4.03. The van der Waals surface area contributed by atoms with Gasteiger partial charge in [0.15, 0.2) is 0 Å². The molecule has 0 unspecified atom stereocenters. The van der Waals surface area contributed by atoms with E-state index in [4.69, 9.17) is 5.11 Å². The summed E-state index contributed by atoms with van der Waals surface area (Å²) < 4.78 is 12.4. The van der Waals surface area contributed by atoms with Gasteiger partial charge < -0.3 is 5.11 Å². The van der Waals surface area contributed by atoms with Gasteiger partial charge in [-0.05, 0) is 30.5 Å². The molecule has 0 fully saturated rings. The van der Waals surface area contributed by atoms with Crippen LogP contribution in [0, 0.1) is 5.95 Å². The Hall–Kier alpha value is -0.960. The third kappa shape index (κ3) is 2.63. The third-order valence-corrected chi connectivity index (χ3v) is 1.41. The minimum atomic E-state index is -0.458. The van der Waals surface area contributed by atoms with Gasteiger partial charge in [0.1, 0.15) is 0 Å². The van der Waals surface area contributed by atoms with E-state index in [1.54, 1.807) is 6.07 Å². The highest BCUT2D eigenvalue weighted by Gasteiger charge is 1.94. The SMILES string of the molecule is OCCCc1ccnc(F)c1. The summed E-state index contributed by atoms with van der Waals surface area (Å²) >= 11 is 0. The predicted octanol–water partition coefficient (Wildman–Crippen LogP) is 1.15. The molecule has 0 saturated heterocycles. The average Bonchev–Trinajstić information content (AvgIpc) is 2.01. The summed E-state index contributed by atoms with van der Waals surface area (Å²) in [6.07, 6.45) is 2.81. The van der Waals surface area contributed by atoms with Crippen LogP contribution in [0.1, 0.15) is 12.0 Å². The van der Waals surface area contributed by atoms with E-state index in [9.17, 15) is 4.39 Å². The Morgan fingerprint density at radius 3 is 3.00 bits per heavy atom. The number of aryl methyl sites for hydroxylation is 1. The number of rotatable bonds is 3. The maximum Gasteiger partial charge on any atom is 0.213 e. The number of halogens is 1. The van der Waals surface area contributed by atoms with Crippen LogP contribution in [-0.2, 0) is 6.42 Å². The molecule has 0 spiro atoms. The molecule has 0 aromatic carbocycles. The summed E-state index contributed by atoms with van der Waals surface area (Å²) in [5.41, 5.74) is 0.881. The lowest BCUT2D eigenvalue weighted by Crippen LogP contribution is -1.91. The van der Waals surface area contributed by atoms with Crippen molar-refractivity contribution < 1.29 is 9.50 Å². The molecule has 0 amide bonds. The van der Waals surface area contributed by atoms with E-state index in [2.05, 4.69) is 4.98 Å². The summed E-state index contributed by atoms with van der Waals surface area (Å²) in [7, 11) is 0. The summed E-state index contributed by atoms with van der Waals surface area (Å²) in [5, 5.41) is 8.49. The average molecular weight is 155 g/mol. The van der Waals surface area contributed by atoms with Gasteiger partial charge in [-0.15, -0.1) is 0 Å². The highest BCUT2D eigenvalue weighted by atomic mass is 19.1. The zero-order valence-electron chi connectivity index (χ0n) is 6.13. The molecule has 0 atom stereocenters. The number of hydrogen-bond donors (Lipinski definition) is 1. The first-order valence-electron chi connectivity index (χ1n) is 3.54. The van der Waals surface area contributed by atoms with Crippen LogP contribution in [0.25, 0.3) is 0 Å². The maximum absolute atomic E-state index is 12.4. The second-order valence-corrected chi connectivity index (χ2v) is 2.31. The van der Waals surface area contributed by atoms with Gasteiger partial charge in [0.05, 0.1) is 0 Å². The van der Waals surface area contributed by atoms with E-state index in [0.29, 0.717) is 12.8 Å². The molecule has 0 aliphatic carbocycles. The highest BCUT2D eigenvalue weighted by Crippen LogP contribution is 2.02. The lowest BCUT2D eigenvalue weighted by molar-refractivity contribution is 0.288. The second-order valence-electron chi connectivity index (χ2n) is 2.31. The van der Waals surface area contributed by atoms with Crippen molar-refractivity contribution in [2.75, 3.05) is 6.61 Å². The number of nitrogens with zero attached hydrogens (tertiary/aromatic N) is 1. The van der Waals surface area contributed by atoms with Crippen molar-refractivity contribution in [2.45, 2.75) is 12.8 Å². The number of hydrogen-bond acceptors (Lipinski definition) is 2. The predicted molar refractivity (Wildman–Crippen MR) is 39.6 cm³/mol. The standard InChI is InChI=1S/C8H10FNO/c9-8-6-7(2-1-5-11)3-4-10-8/h3-4,6,11H,1-2,5H2. The van der Waals surface area contributed by atoms with Gasteiger partial charge in [-0.3, -0.25) is 0 Å². The number of aromatic nitrogens is 1. The zero-order chi connectivity index (χ0) is 8.10. The van der Waals surface area contributed by atoms with Crippen molar-refractivity contribution in [3.63, 3.8) is 0 Å². The number of aliphatic hydroxyl groups excluding tert-OH is 1. The largest absolute Gasteiger partial charge is 0.396 e. The van der Waals surface area contributed by atoms with Gasteiger partial charge in [0.25, 0.3) is 0 Å². The van der Waals surface area contributed by atoms with E-state index >= 15 is 0 Å². The number of pyridine rings is 1. The molecule has 1 heterocycles. The fourth-order valence-corrected chi connectivity index (χ4v) is 0.881. The fourth-order valence-electron chi connectivity index (χ4n) is 0.881. The smallest absolute Gasteiger partial charge is 0.213 e. The Kier molecular flexibility index (Phi) is 2.98. The lowest BCUT2D eigenvalue weighted by atomic mass is 10.1. The van der Waals surface area contributed by atoms with E-state index in [1.165, 1.54) is 12.3 Å². The van der Waals surface area contributed by atoms with Crippen LogP contribution in [0.4, 0.5) is 4.39 Å². The third-order valence-electron chi connectivity index (χ3n) is 1.41.